The minimum Gasteiger partial charge on any atom is -0.370 e. The van der Waals surface area contributed by atoms with Crippen LogP contribution < -0.4 is 5.32 Å². The van der Waals surface area contributed by atoms with E-state index < -0.39 is 0 Å². The fraction of sp³-hybridized carbons (Fsp3) is 0.889. The van der Waals surface area contributed by atoms with E-state index in [2.05, 4.69) is 26.1 Å². The van der Waals surface area contributed by atoms with E-state index in [9.17, 15) is 0 Å². The van der Waals surface area contributed by atoms with Gasteiger partial charge in [0.2, 0.25) is 0 Å². The highest BCUT2D eigenvalue weighted by Gasteiger charge is 2.61. The molecular weight excluding hydrogens is 172 g/mol. The maximum Gasteiger partial charge on any atom is 0.0936 e. The SMILES string of the molecule is CC1CC(=N)N[C@H]2[C@H]1C2(C)C.Cl. The summed E-state index contributed by atoms with van der Waals surface area (Å²) in [5.74, 6) is 2.27. The predicted molar refractivity (Wildman–Crippen MR) is 53.0 cm³/mol. The summed E-state index contributed by atoms with van der Waals surface area (Å²) in [6.45, 7) is 6.86. The smallest absolute Gasteiger partial charge is 0.0936 e. The molecule has 3 heteroatoms. The van der Waals surface area contributed by atoms with E-state index in [4.69, 9.17) is 5.41 Å². The molecule has 1 aliphatic carbocycles. The molecule has 2 rings (SSSR count). The van der Waals surface area contributed by atoms with Gasteiger partial charge in [-0.3, -0.25) is 5.41 Å². The summed E-state index contributed by atoms with van der Waals surface area (Å²) >= 11 is 0. The molecule has 3 atom stereocenters. The molecule has 0 aromatic heterocycles. The zero-order valence-corrected chi connectivity index (χ0v) is 8.66. The van der Waals surface area contributed by atoms with Crippen molar-refractivity contribution in [2.24, 2.45) is 17.3 Å². The Morgan fingerprint density at radius 2 is 2.08 bits per heavy atom. The number of hydrogen-bond acceptors (Lipinski definition) is 1. The lowest BCUT2D eigenvalue weighted by Crippen LogP contribution is -2.34. The van der Waals surface area contributed by atoms with E-state index in [1.807, 2.05) is 0 Å². The van der Waals surface area contributed by atoms with Crippen molar-refractivity contribution >= 4 is 18.2 Å². The first-order valence-corrected chi connectivity index (χ1v) is 4.37. The first-order chi connectivity index (χ1) is 5.03. The average Bonchev–Trinajstić information content (AvgIpc) is 2.34. The highest BCUT2D eigenvalue weighted by molar-refractivity contribution is 5.85. The van der Waals surface area contributed by atoms with Gasteiger partial charge in [-0.15, -0.1) is 12.4 Å². The monoisotopic (exact) mass is 188 g/mol. The Morgan fingerprint density at radius 3 is 2.58 bits per heavy atom. The summed E-state index contributed by atoms with van der Waals surface area (Å²) < 4.78 is 0. The summed E-state index contributed by atoms with van der Waals surface area (Å²) in [5, 5.41) is 10.8. The Hall–Kier alpha value is -0.240. The van der Waals surface area contributed by atoms with E-state index in [1.54, 1.807) is 0 Å². The number of nitrogens with one attached hydrogen (secondary N) is 2. The zero-order chi connectivity index (χ0) is 8.22. The number of hydrogen-bond donors (Lipinski definition) is 2. The van der Waals surface area contributed by atoms with E-state index in [0.717, 1.165) is 18.2 Å². The van der Waals surface area contributed by atoms with Gasteiger partial charge in [0.1, 0.15) is 0 Å². The highest BCUT2D eigenvalue weighted by Crippen LogP contribution is 2.58. The minimum atomic E-state index is 0. The van der Waals surface area contributed by atoms with Crippen molar-refractivity contribution in [1.82, 2.24) is 5.32 Å². The van der Waals surface area contributed by atoms with Crippen LogP contribution in [0.3, 0.4) is 0 Å². The standard InChI is InChI=1S/C9H16N2.ClH/c1-5-4-6(10)11-8-7(5)9(8,2)3;/h5,7-8H,4H2,1-3H3,(H2,10,11);1H/t5?,7-,8-;/m0./s1. The largest absolute Gasteiger partial charge is 0.370 e. The van der Waals surface area contributed by atoms with Crippen LogP contribution in [0, 0.1) is 22.7 Å². The Bertz CT molecular complexity index is 213. The van der Waals surface area contributed by atoms with Crippen molar-refractivity contribution in [1.29, 1.82) is 5.41 Å². The molecule has 0 spiro atoms. The van der Waals surface area contributed by atoms with Gasteiger partial charge in [0, 0.05) is 12.5 Å². The van der Waals surface area contributed by atoms with Crippen molar-refractivity contribution < 1.29 is 0 Å². The van der Waals surface area contributed by atoms with Gasteiger partial charge in [0.25, 0.3) is 0 Å². The van der Waals surface area contributed by atoms with Gasteiger partial charge in [-0.25, -0.2) is 0 Å². The molecule has 0 bridgehead atoms. The fourth-order valence-corrected chi connectivity index (χ4v) is 2.71. The second kappa shape index (κ2) is 2.63. The number of piperidine rings is 1. The lowest BCUT2D eigenvalue weighted by Gasteiger charge is -2.18. The van der Waals surface area contributed by atoms with Gasteiger partial charge in [-0.2, -0.15) is 0 Å². The van der Waals surface area contributed by atoms with E-state index in [1.165, 1.54) is 0 Å². The molecule has 1 saturated carbocycles. The number of halogens is 1. The molecule has 0 radical (unpaired) electrons. The first kappa shape index (κ1) is 9.85. The lowest BCUT2D eigenvalue weighted by atomic mass is 9.95. The molecule has 0 aromatic carbocycles. The molecule has 2 fully saturated rings. The summed E-state index contributed by atoms with van der Waals surface area (Å²) in [4.78, 5) is 0. The topological polar surface area (TPSA) is 35.9 Å². The Balaban J connectivity index is 0.000000720. The van der Waals surface area contributed by atoms with Crippen LogP contribution in [0.2, 0.25) is 0 Å². The van der Waals surface area contributed by atoms with E-state index >= 15 is 0 Å². The molecule has 0 aromatic rings. The van der Waals surface area contributed by atoms with E-state index in [0.29, 0.717) is 17.4 Å². The summed E-state index contributed by atoms with van der Waals surface area (Å²) in [6, 6.07) is 0.596. The third-order valence-corrected chi connectivity index (χ3v) is 3.38. The average molecular weight is 189 g/mol. The third-order valence-electron chi connectivity index (χ3n) is 3.38. The maximum atomic E-state index is 7.54. The third kappa shape index (κ3) is 1.13. The van der Waals surface area contributed by atoms with E-state index in [-0.39, 0.29) is 12.4 Å². The van der Waals surface area contributed by atoms with Gasteiger partial charge in [-0.05, 0) is 17.3 Å². The molecule has 2 nitrogen and oxygen atoms in total. The molecule has 1 saturated heterocycles. The fourth-order valence-electron chi connectivity index (χ4n) is 2.71. The number of rotatable bonds is 0. The van der Waals surface area contributed by atoms with Gasteiger partial charge in [-0.1, -0.05) is 20.8 Å². The van der Waals surface area contributed by atoms with Crippen LogP contribution in [0.15, 0.2) is 0 Å². The summed E-state index contributed by atoms with van der Waals surface area (Å²) in [5.41, 5.74) is 0.447. The van der Waals surface area contributed by atoms with Crippen LogP contribution in [0.25, 0.3) is 0 Å². The molecule has 1 unspecified atom stereocenters. The predicted octanol–water partition coefficient (Wildman–Crippen LogP) is 2.04. The summed E-state index contributed by atoms with van der Waals surface area (Å²) in [7, 11) is 0. The molecule has 2 aliphatic rings. The Labute approximate surface area is 80.0 Å². The van der Waals surface area contributed by atoms with Crippen LogP contribution >= 0.6 is 12.4 Å². The van der Waals surface area contributed by atoms with Crippen molar-refractivity contribution in [3.63, 3.8) is 0 Å². The first-order valence-electron chi connectivity index (χ1n) is 4.37. The van der Waals surface area contributed by atoms with Crippen LogP contribution in [-0.2, 0) is 0 Å². The molecule has 12 heavy (non-hydrogen) atoms. The molecule has 1 aliphatic heterocycles. The summed E-state index contributed by atoms with van der Waals surface area (Å²) in [6.07, 6.45) is 0.949. The van der Waals surface area contributed by atoms with Gasteiger partial charge >= 0.3 is 0 Å². The van der Waals surface area contributed by atoms with Gasteiger partial charge in [0.15, 0.2) is 0 Å². The van der Waals surface area contributed by atoms with Crippen molar-refractivity contribution in [3.05, 3.63) is 0 Å². The Morgan fingerprint density at radius 1 is 1.50 bits per heavy atom. The van der Waals surface area contributed by atoms with Gasteiger partial charge < -0.3 is 5.32 Å². The second-order valence-electron chi connectivity index (χ2n) is 4.63. The quantitative estimate of drug-likeness (QED) is 0.600. The van der Waals surface area contributed by atoms with Crippen LogP contribution in [0.4, 0.5) is 0 Å². The van der Waals surface area contributed by atoms with Crippen LogP contribution in [-0.4, -0.2) is 11.9 Å². The molecule has 0 amide bonds. The molecular formula is C9H17ClN2. The van der Waals surface area contributed by atoms with Crippen molar-refractivity contribution in [3.8, 4) is 0 Å². The maximum absolute atomic E-state index is 7.54. The molecule has 2 N–H and O–H groups in total. The molecule has 1 heterocycles. The Kier molecular flexibility index (Phi) is 2.15. The van der Waals surface area contributed by atoms with Crippen molar-refractivity contribution in [2.45, 2.75) is 33.2 Å². The lowest BCUT2D eigenvalue weighted by molar-refractivity contribution is 0.425. The number of amidine groups is 1. The van der Waals surface area contributed by atoms with Crippen LogP contribution in [0.1, 0.15) is 27.2 Å². The van der Waals surface area contributed by atoms with Gasteiger partial charge in [0.05, 0.1) is 5.84 Å². The minimum absolute atomic E-state index is 0. The second-order valence-corrected chi connectivity index (χ2v) is 4.63. The number of fused-ring (bicyclic) bond motifs is 1. The van der Waals surface area contributed by atoms with Crippen molar-refractivity contribution in [2.75, 3.05) is 0 Å². The normalized spacial score (nSPS) is 42.2. The highest BCUT2D eigenvalue weighted by atomic mass is 35.5. The molecule has 70 valence electrons. The zero-order valence-electron chi connectivity index (χ0n) is 7.85. The van der Waals surface area contributed by atoms with Crippen LogP contribution in [0.5, 0.6) is 0 Å².